The third-order valence-electron chi connectivity index (χ3n) is 4.96. The smallest absolute Gasteiger partial charge is 0.244 e. The maximum absolute atomic E-state index is 12.5. The van der Waals surface area contributed by atoms with Crippen LogP contribution in [0.15, 0.2) is 30.3 Å². The van der Waals surface area contributed by atoms with E-state index in [-0.39, 0.29) is 11.8 Å². The lowest BCUT2D eigenvalue weighted by Crippen LogP contribution is -2.44. The van der Waals surface area contributed by atoms with E-state index in [9.17, 15) is 9.59 Å². The second-order valence-corrected chi connectivity index (χ2v) is 7.28. The van der Waals surface area contributed by atoms with Gasteiger partial charge in [0.15, 0.2) is 0 Å². The van der Waals surface area contributed by atoms with Gasteiger partial charge in [0.05, 0.1) is 0 Å². The molecule has 1 aromatic carbocycles. The van der Waals surface area contributed by atoms with Crippen LogP contribution in [0.5, 0.6) is 0 Å². The van der Waals surface area contributed by atoms with E-state index in [4.69, 9.17) is 11.6 Å². The predicted molar refractivity (Wildman–Crippen MR) is 93.2 cm³/mol. The maximum atomic E-state index is 12.5. The molecule has 1 saturated carbocycles. The Morgan fingerprint density at radius 2 is 1.74 bits per heavy atom. The number of hydrogen-bond acceptors (Lipinski definition) is 2. The molecule has 0 aromatic heterocycles. The number of carbonyl (C=O) groups is 2. The Kier molecular flexibility index (Phi) is 6.64. The summed E-state index contributed by atoms with van der Waals surface area (Å²) in [5.41, 5.74) is 0.996. The lowest BCUT2D eigenvalue weighted by molar-refractivity contribution is -0.129. The molecule has 1 amide bonds. The minimum atomic E-state index is -0.644. The molecule has 3 nitrogen and oxygen atoms in total. The molecular formula is C19H26ClNO2. The summed E-state index contributed by atoms with van der Waals surface area (Å²) in [6.07, 6.45) is 4.44. The molecule has 23 heavy (non-hydrogen) atoms. The Bertz CT molecular complexity index is 521. The number of halogens is 1. The highest BCUT2D eigenvalue weighted by Gasteiger charge is 2.29. The van der Waals surface area contributed by atoms with Crippen LogP contribution in [0, 0.1) is 17.8 Å². The van der Waals surface area contributed by atoms with Crippen LogP contribution >= 0.6 is 11.6 Å². The van der Waals surface area contributed by atoms with Crippen LogP contribution in [0.1, 0.15) is 45.1 Å². The van der Waals surface area contributed by atoms with Crippen LogP contribution < -0.4 is 5.32 Å². The summed E-state index contributed by atoms with van der Waals surface area (Å²) < 4.78 is 0. The average Bonchev–Trinajstić information content (AvgIpc) is 2.55. The molecule has 1 unspecified atom stereocenters. The molecule has 1 aliphatic rings. The second kappa shape index (κ2) is 8.49. The Morgan fingerprint density at radius 3 is 2.26 bits per heavy atom. The van der Waals surface area contributed by atoms with Gasteiger partial charge in [0.1, 0.15) is 6.04 Å². The van der Waals surface area contributed by atoms with Crippen LogP contribution in [0.3, 0.4) is 0 Å². The van der Waals surface area contributed by atoms with E-state index in [2.05, 4.69) is 19.2 Å². The van der Waals surface area contributed by atoms with Crippen LogP contribution in [-0.2, 0) is 16.0 Å². The normalized spacial score (nSPS) is 22.6. The highest BCUT2D eigenvalue weighted by atomic mass is 35.5. The van der Waals surface area contributed by atoms with Gasteiger partial charge in [0, 0.05) is 12.3 Å². The van der Waals surface area contributed by atoms with Gasteiger partial charge in [0.25, 0.3) is 0 Å². The van der Waals surface area contributed by atoms with Crippen molar-refractivity contribution in [3.8, 4) is 0 Å². The van der Waals surface area contributed by atoms with Crippen molar-refractivity contribution in [2.45, 2.75) is 52.0 Å². The van der Waals surface area contributed by atoms with Crippen LogP contribution in [0.2, 0.25) is 0 Å². The first-order valence-electron chi connectivity index (χ1n) is 8.51. The van der Waals surface area contributed by atoms with Crippen molar-refractivity contribution >= 4 is 22.8 Å². The van der Waals surface area contributed by atoms with Crippen molar-refractivity contribution < 1.29 is 9.59 Å². The summed E-state index contributed by atoms with van der Waals surface area (Å²) in [5.74, 6) is 1.38. The molecule has 1 aliphatic carbocycles. The number of rotatable bonds is 6. The van der Waals surface area contributed by atoms with Crippen molar-refractivity contribution in [1.82, 2.24) is 5.32 Å². The van der Waals surface area contributed by atoms with Gasteiger partial charge in [0.2, 0.25) is 11.1 Å². The lowest BCUT2D eigenvalue weighted by atomic mass is 9.76. The highest BCUT2D eigenvalue weighted by Crippen LogP contribution is 2.33. The average molecular weight is 336 g/mol. The molecule has 126 valence electrons. The van der Waals surface area contributed by atoms with E-state index in [1.54, 1.807) is 0 Å². The zero-order valence-corrected chi connectivity index (χ0v) is 14.7. The zero-order valence-electron chi connectivity index (χ0n) is 13.9. The third kappa shape index (κ3) is 5.35. The van der Waals surface area contributed by atoms with E-state index in [0.29, 0.717) is 18.3 Å². The van der Waals surface area contributed by atoms with Crippen molar-refractivity contribution in [2.24, 2.45) is 17.8 Å². The molecule has 2 rings (SSSR count). The molecule has 0 heterocycles. The molecule has 1 aromatic rings. The molecule has 1 fully saturated rings. The first-order valence-corrected chi connectivity index (χ1v) is 8.88. The molecule has 4 heteroatoms. The van der Waals surface area contributed by atoms with Crippen LogP contribution in [0.4, 0.5) is 0 Å². The summed E-state index contributed by atoms with van der Waals surface area (Å²) in [5, 5.41) is 2.36. The lowest BCUT2D eigenvalue weighted by Gasteiger charge is -2.30. The summed E-state index contributed by atoms with van der Waals surface area (Å²) >= 11 is 5.69. The van der Waals surface area contributed by atoms with Crippen LogP contribution in [0.25, 0.3) is 0 Å². The van der Waals surface area contributed by atoms with E-state index in [1.807, 2.05) is 30.3 Å². The fourth-order valence-corrected chi connectivity index (χ4v) is 3.51. The summed E-state index contributed by atoms with van der Waals surface area (Å²) in [6, 6.07) is 8.99. The molecule has 0 saturated heterocycles. The maximum Gasteiger partial charge on any atom is 0.244 e. The number of nitrogens with one attached hydrogen (secondary N) is 1. The molecule has 0 bridgehead atoms. The monoisotopic (exact) mass is 335 g/mol. The molecule has 0 aliphatic heterocycles. The Morgan fingerprint density at radius 1 is 1.13 bits per heavy atom. The van der Waals surface area contributed by atoms with E-state index in [0.717, 1.165) is 31.2 Å². The fraction of sp³-hybridized carbons (Fsp3) is 0.579. The van der Waals surface area contributed by atoms with E-state index < -0.39 is 11.3 Å². The molecule has 1 atom stereocenters. The van der Waals surface area contributed by atoms with Gasteiger partial charge in [-0.05, 0) is 54.7 Å². The van der Waals surface area contributed by atoms with Crippen molar-refractivity contribution in [1.29, 1.82) is 0 Å². The molecular weight excluding hydrogens is 310 g/mol. The Balaban J connectivity index is 1.90. The number of hydrogen-bond donors (Lipinski definition) is 1. The number of carbonyl (C=O) groups excluding carboxylic acids is 2. The standard InChI is InChI=1S/C19H26ClNO2/c1-13(2)15-8-10-16(11-9-15)19(23)21-17(18(20)22)12-14-6-4-3-5-7-14/h3-7,13,15-17H,8-12H2,1-2H3,(H,21,23). The van der Waals surface area contributed by atoms with Gasteiger partial charge in [-0.2, -0.15) is 0 Å². The molecule has 0 spiro atoms. The molecule has 1 N–H and O–H groups in total. The van der Waals surface area contributed by atoms with Gasteiger partial charge in [-0.3, -0.25) is 9.59 Å². The topological polar surface area (TPSA) is 46.2 Å². The van der Waals surface area contributed by atoms with Gasteiger partial charge in [-0.15, -0.1) is 0 Å². The van der Waals surface area contributed by atoms with Crippen LogP contribution in [-0.4, -0.2) is 17.2 Å². The predicted octanol–water partition coefficient (Wildman–Crippen LogP) is 3.94. The van der Waals surface area contributed by atoms with Gasteiger partial charge < -0.3 is 5.32 Å². The first-order chi connectivity index (χ1) is 11.0. The Labute approximate surface area is 143 Å². The highest BCUT2D eigenvalue weighted by molar-refractivity contribution is 6.64. The second-order valence-electron chi connectivity index (χ2n) is 6.91. The van der Waals surface area contributed by atoms with E-state index in [1.165, 1.54) is 0 Å². The SMILES string of the molecule is CC(C)C1CCC(C(=O)NC(Cc2ccccc2)C(=O)Cl)CC1. The largest absolute Gasteiger partial charge is 0.344 e. The minimum Gasteiger partial charge on any atom is -0.344 e. The van der Waals surface area contributed by atoms with Crippen molar-refractivity contribution in [2.75, 3.05) is 0 Å². The fourth-order valence-electron chi connectivity index (χ4n) is 3.38. The van der Waals surface area contributed by atoms with E-state index >= 15 is 0 Å². The minimum absolute atomic E-state index is 0.0132. The number of amides is 1. The van der Waals surface area contributed by atoms with Gasteiger partial charge >= 0.3 is 0 Å². The zero-order chi connectivity index (χ0) is 16.8. The Hall–Kier alpha value is -1.35. The van der Waals surface area contributed by atoms with Crippen molar-refractivity contribution in [3.63, 3.8) is 0 Å². The quantitative estimate of drug-likeness (QED) is 0.800. The summed E-state index contributed by atoms with van der Waals surface area (Å²) in [4.78, 5) is 24.1. The summed E-state index contributed by atoms with van der Waals surface area (Å²) in [7, 11) is 0. The summed E-state index contributed by atoms with van der Waals surface area (Å²) in [6.45, 7) is 4.49. The molecule has 0 radical (unpaired) electrons. The van der Waals surface area contributed by atoms with Gasteiger partial charge in [-0.1, -0.05) is 44.2 Å². The first kappa shape index (κ1) is 18.0. The third-order valence-corrected chi connectivity index (χ3v) is 5.22. The van der Waals surface area contributed by atoms with Gasteiger partial charge in [-0.25, -0.2) is 0 Å². The number of benzene rings is 1. The van der Waals surface area contributed by atoms with Crippen molar-refractivity contribution in [3.05, 3.63) is 35.9 Å².